The number of aromatic nitrogens is 6. The Balaban J connectivity index is 1.49. The Morgan fingerprint density at radius 1 is 1.10 bits per heavy atom. The first-order chi connectivity index (χ1) is 19.1. The number of rotatable bonds is 6. The van der Waals surface area contributed by atoms with E-state index in [0.29, 0.717) is 5.69 Å². The molecule has 0 saturated carbocycles. The van der Waals surface area contributed by atoms with Crippen LogP contribution in [0, 0.1) is 17.5 Å². The molecule has 13 nitrogen and oxygen atoms in total. The molecule has 40 heavy (non-hydrogen) atoms. The van der Waals surface area contributed by atoms with Gasteiger partial charge in [-0.3, -0.25) is 9.36 Å². The van der Waals surface area contributed by atoms with E-state index in [1.165, 1.54) is 42.2 Å². The van der Waals surface area contributed by atoms with E-state index in [0.717, 1.165) is 16.8 Å². The van der Waals surface area contributed by atoms with Crippen molar-refractivity contribution in [1.29, 1.82) is 0 Å². The Kier molecular flexibility index (Phi) is 7.24. The number of aliphatic hydroxyl groups is 3. The van der Waals surface area contributed by atoms with Crippen LogP contribution in [0.4, 0.5) is 18.9 Å². The van der Waals surface area contributed by atoms with Crippen LogP contribution in [-0.2, 0) is 9.53 Å². The number of carbonyl (C=O) groups excluding carboxylic acids is 1. The highest BCUT2D eigenvalue weighted by Crippen LogP contribution is 2.39. The second kappa shape index (κ2) is 10.6. The zero-order chi connectivity index (χ0) is 28.7. The third-order valence-electron chi connectivity index (χ3n) is 6.39. The van der Waals surface area contributed by atoms with Gasteiger partial charge in [-0.25, -0.2) is 17.9 Å². The lowest BCUT2D eigenvalue weighted by Gasteiger charge is -2.41. The van der Waals surface area contributed by atoms with Gasteiger partial charge in [0.05, 0.1) is 24.2 Å². The Hall–Kier alpha value is -4.38. The number of aromatic hydroxyl groups is 1. The van der Waals surface area contributed by atoms with E-state index in [1.807, 2.05) is 0 Å². The quantitative estimate of drug-likeness (QED) is 0.168. The van der Waals surface area contributed by atoms with Crippen molar-refractivity contribution < 1.29 is 43.1 Å². The van der Waals surface area contributed by atoms with Crippen molar-refractivity contribution in [2.75, 3.05) is 11.9 Å². The van der Waals surface area contributed by atoms with E-state index >= 15 is 0 Å². The molecule has 1 aliphatic rings. The Morgan fingerprint density at radius 2 is 1.82 bits per heavy atom. The summed E-state index contributed by atoms with van der Waals surface area (Å²) in [5.41, 5.74) is 0.259. The number of benzene rings is 2. The summed E-state index contributed by atoms with van der Waals surface area (Å²) in [6.07, 6.45) is -3.19. The zero-order valence-electron chi connectivity index (χ0n) is 20.6. The number of phenols is 1. The van der Waals surface area contributed by atoms with Crippen LogP contribution in [0.25, 0.3) is 16.9 Å². The van der Waals surface area contributed by atoms with Crippen LogP contribution in [0.3, 0.4) is 0 Å². The number of hydrogen-bond acceptors (Lipinski definition) is 10. The molecule has 2 aromatic heterocycles. The maximum absolute atomic E-state index is 13.8. The number of nitrogens with zero attached hydrogens (tertiary/aromatic N) is 6. The van der Waals surface area contributed by atoms with Crippen LogP contribution in [-0.4, -0.2) is 81.0 Å². The second-order valence-electron chi connectivity index (χ2n) is 9.03. The third kappa shape index (κ3) is 4.88. The third-order valence-corrected chi connectivity index (χ3v) is 6.39. The molecule has 210 valence electrons. The van der Waals surface area contributed by atoms with Gasteiger partial charge >= 0.3 is 0 Å². The van der Waals surface area contributed by atoms with Gasteiger partial charge in [0, 0.05) is 18.6 Å². The van der Waals surface area contributed by atoms with Crippen molar-refractivity contribution in [1.82, 2.24) is 29.8 Å². The molecule has 0 spiro atoms. The van der Waals surface area contributed by atoms with Gasteiger partial charge < -0.3 is 30.5 Å². The van der Waals surface area contributed by atoms with Gasteiger partial charge in [-0.05, 0) is 24.3 Å². The predicted octanol–water partition coefficient (Wildman–Crippen LogP) is 1.00. The van der Waals surface area contributed by atoms with Gasteiger partial charge in [0.25, 0.3) is 0 Å². The first-order valence-corrected chi connectivity index (χ1v) is 11.8. The molecule has 4 aromatic rings. The zero-order valence-corrected chi connectivity index (χ0v) is 20.6. The summed E-state index contributed by atoms with van der Waals surface area (Å²) in [6, 6.07) is 4.43. The van der Waals surface area contributed by atoms with Crippen molar-refractivity contribution in [3.05, 3.63) is 66.1 Å². The van der Waals surface area contributed by atoms with Gasteiger partial charge in [-0.15, -0.1) is 15.3 Å². The summed E-state index contributed by atoms with van der Waals surface area (Å²) in [6.45, 7) is 0.612. The van der Waals surface area contributed by atoms with Gasteiger partial charge in [0.2, 0.25) is 5.91 Å². The van der Waals surface area contributed by atoms with Gasteiger partial charge in [0.1, 0.15) is 48.2 Å². The number of aliphatic hydroxyl groups excluding tert-OH is 3. The molecule has 3 heterocycles. The lowest BCUT2D eigenvalue weighted by Crippen LogP contribution is -2.53. The highest BCUT2D eigenvalue weighted by Gasteiger charge is 2.48. The first kappa shape index (κ1) is 27.2. The molecule has 1 aliphatic heterocycles. The number of nitrogens with one attached hydrogen (secondary N) is 1. The number of amides is 1. The fourth-order valence-electron chi connectivity index (χ4n) is 4.49. The molecule has 5 rings (SSSR count). The van der Waals surface area contributed by atoms with E-state index in [-0.39, 0.29) is 28.5 Å². The minimum Gasteiger partial charge on any atom is -0.506 e. The van der Waals surface area contributed by atoms with E-state index < -0.39 is 60.4 Å². The van der Waals surface area contributed by atoms with Gasteiger partial charge in [-0.1, -0.05) is 5.21 Å². The molecule has 0 aliphatic carbocycles. The highest BCUT2D eigenvalue weighted by molar-refractivity contribution is 5.90. The maximum Gasteiger partial charge on any atom is 0.221 e. The van der Waals surface area contributed by atoms with Crippen LogP contribution < -0.4 is 5.32 Å². The summed E-state index contributed by atoms with van der Waals surface area (Å²) >= 11 is 0. The number of carbonyl (C=O) groups is 1. The Morgan fingerprint density at radius 3 is 2.48 bits per heavy atom. The van der Waals surface area contributed by atoms with Gasteiger partial charge in [0.15, 0.2) is 23.3 Å². The summed E-state index contributed by atoms with van der Waals surface area (Å²) in [5.74, 6) is -5.15. The van der Waals surface area contributed by atoms with Crippen LogP contribution in [0.1, 0.15) is 24.9 Å². The molecule has 1 saturated heterocycles. The fraction of sp³-hybridized carbons (Fsp3) is 0.292. The van der Waals surface area contributed by atoms with E-state index in [4.69, 9.17) is 4.74 Å². The first-order valence-electron chi connectivity index (χ1n) is 11.8. The molecule has 0 radical (unpaired) electrons. The van der Waals surface area contributed by atoms with Gasteiger partial charge in [-0.2, -0.15) is 0 Å². The lowest BCUT2D eigenvalue weighted by atomic mass is 9.92. The van der Waals surface area contributed by atoms with Crippen LogP contribution in [0.15, 0.2) is 42.9 Å². The SMILES string of the molecule is CC(=O)Nc1ccc(-n2cnnc2[C@@H]2O[C@H](CO)[C@H](O)[C@H](n3cc(-c4cc(F)c(F)c(F)c4)nn3)[C@H]2O)cc1O. The molecule has 5 atom stereocenters. The summed E-state index contributed by atoms with van der Waals surface area (Å²) in [5, 5.41) is 60.5. The summed E-state index contributed by atoms with van der Waals surface area (Å²) in [4.78, 5) is 11.3. The minimum atomic E-state index is -1.65. The topological polar surface area (TPSA) is 181 Å². The van der Waals surface area contributed by atoms with E-state index in [2.05, 4.69) is 25.8 Å². The normalized spacial score (nSPS) is 22.8. The van der Waals surface area contributed by atoms with E-state index in [9.17, 15) is 38.4 Å². The van der Waals surface area contributed by atoms with Crippen LogP contribution in [0.2, 0.25) is 0 Å². The van der Waals surface area contributed by atoms with Crippen molar-refractivity contribution in [2.45, 2.75) is 37.4 Å². The summed E-state index contributed by atoms with van der Waals surface area (Å²) in [7, 11) is 0. The monoisotopic (exact) mass is 561 g/mol. The smallest absolute Gasteiger partial charge is 0.221 e. The fourth-order valence-corrected chi connectivity index (χ4v) is 4.49. The molecule has 1 amide bonds. The van der Waals surface area contributed by atoms with Crippen LogP contribution >= 0.6 is 0 Å². The minimum absolute atomic E-state index is 0.0255. The average molecular weight is 561 g/mol. The number of anilines is 1. The van der Waals surface area contributed by atoms with Crippen molar-refractivity contribution >= 4 is 11.6 Å². The molecular formula is C24H22F3N7O6. The maximum atomic E-state index is 13.8. The predicted molar refractivity (Wildman–Crippen MR) is 128 cm³/mol. The molecule has 0 unspecified atom stereocenters. The number of ether oxygens (including phenoxy) is 1. The standard InChI is InChI=1S/C24H22F3N7O6/c1-10(36)29-15-3-2-12(6-17(15)37)33-9-28-31-24(33)23-22(39)20(21(38)18(8-35)40-23)34-7-16(30-32-34)11-4-13(25)19(27)14(26)5-11/h2-7,9,18,20-23,35,37-39H,8H2,1H3,(H,29,36)/t18-,20+,21+,22-,23-/m1/s1. The largest absolute Gasteiger partial charge is 0.506 e. The average Bonchev–Trinajstić information content (AvgIpc) is 3.59. The van der Waals surface area contributed by atoms with Crippen molar-refractivity contribution in [2.24, 2.45) is 0 Å². The van der Waals surface area contributed by atoms with Crippen LogP contribution in [0.5, 0.6) is 5.75 Å². The lowest BCUT2D eigenvalue weighted by molar-refractivity contribution is -0.210. The molecule has 0 bridgehead atoms. The number of phenolic OH excluding ortho intramolecular Hbond substituents is 1. The van der Waals surface area contributed by atoms with Crippen molar-refractivity contribution in [3.63, 3.8) is 0 Å². The summed E-state index contributed by atoms with van der Waals surface area (Å²) < 4.78 is 49.1. The van der Waals surface area contributed by atoms with Crippen molar-refractivity contribution in [3.8, 4) is 22.7 Å². The Bertz CT molecular complexity index is 1540. The molecule has 16 heteroatoms. The molecule has 5 N–H and O–H groups in total. The van der Waals surface area contributed by atoms with E-state index in [1.54, 1.807) is 0 Å². The molecule has 1 fully saturated rings. The Labute approximate surface area is 223 Å². The molecule has 2 aromatic carbocycles. The second-order valence-corrected chi connectivity index (χ2v) is 9.03. The number of hydrogen-bond donors (Lipinski definition) is 5. The highest BCUT2D eigenvalue weighted by atomic mass is 19.2. The molecular weight excluding hydrogens is 539 g/mol. The number of halogens is 3.